The van der Waals surface area contributed by atoms with E-state index in [1.54, 1.807) is 21.6 Å². The van der Waals surface area contributed by atoms with E-state index in [1.165, 1.54) is 0 Å². The Morgan fingerprint density at radius 1 is 0.833 bits per heavy atom. The fourth-order valence-corrected chi connectivity index (χ4v) is 0. The van der Waals surface area contributed by atoms with Gasteiger partial charge in [-0.15, -0.1) is 0 Å². The van der Waals surface area contributed by atoms with Gasteiger partial charge < -0.3 is 0 Å². The minimum Gasteiger partial charge on any atom is -0.0979 e. The first kappa shape index (κ1) is 15.9. The first-order valence-corrected chi connectivity index (χ1v) is 3.95. The molecule has 0 heterocycles. The highest BCUT2D eigenvalue weighted by atomic mass is 33.1. The van der Waals surface area contributed by atoms with Gasteiger partial charge in [-0.1, -0.05) is 36.4 Å². The van der Waals surface area contributed by atoms with Gasteiger partial charge in [0.05, 0.1) is 0 Å². The molecule has 0 aromatic heterocycles. The van der Waals surface area contributed by atoms with Crippen molar-refractivity contribution in [3.05, 3.63) is 0 Å². The van der Waals surface area contributed by atoms with E-state index >= 15 is 0 Å². The molecule has 0 bridgehead atoms. The molecule has 0 saturated carbocycles. The molecular formula is C4H14S2. The van der Waals surface area contributed by atoms with Gasteiger partial charge in [-0.3, -0.25) is 0 Å². The molecule has 0 atom stereocenters. The van der Waals surface area contributed by atoms with E-state index in [0.29, 0.717) is 0 Å². The highest BCUT2D eigenvalue weighted by Crippen LogP contribution is 2.09. The average Bonchev–Trinajstić information content (AvgIpc) is 1.37. The SMILES string of the molecule is C.C.CSSC. The summed E-state index contributed by atoms with van der Waals surface area (Å²) in [5.41, 5.74) is 0. The minimum atomic E-state index is 0. The van der Waals surface area contributed by atoms with Crippen LogP contribution in [0.2, 0.25) is 0 Å². The second kappa shape index (κ2) is 17.3. The molecule has 0 fully saturated rings. The molecule has 0 unspecified atom stereocenters. The van der Waals surface area contributed by atoms with Crippen LogP contribution < -0.4 is 0 Å². The number of rotatable bonds is 1. The molecule has 0 N–H and O–H groups in total. The summed E-state index contributed by atoms with van der Waals surface area (Å²) in [5.74, 6) is 0. The maximum atomic E-state index is 2.06. The zero-order valence-corrected chi connectivity index (χ0v) is 4.45. The first-order valence-electron chi connectivity index (χ1n) is 0.983. The minimum absolute atomic E-state index is 0. The van der Waals surface area contributed by atoms with Crippen molar-refractivity contribution in [1.29, 1.82) is 0 Å². The van der Waals surface area contributed by atoms with Crippen LogP contribution in [0.15, 0.2) is 0 Å². The number of hydrogen-bond acceptors (Lipinski definition) is 2. The predicted octanol–water partition coefficient (Wildman–Crippen LogP) is 2.90. The van der Waals surface area contributed by atoms with Gasteiger partial charge in [-0.2, -0.15) is 0 Å². The monoisotopic (exact) mass is 126 g/mol. The zero-order valence-electron chi connectivity index (χ0n) is 2.82. The molecule has 0 spiro atoms. The molecule has 0 aromatic carbocycles. The summed E-state index contributed by atoms with van der Waals surface area (Å²) in [6, 6.07) is 0. The average molecular weight is 126 g/mol. The van der Waals surface area contributed by atoms with Crippen molar-refractivity contribution < 1.29 is 0 Å². The lowest BCUT2D eigenvalue weighted by molar-refractivity contribution is 2.50. The quantitative estimate of drug-likeness (QED) is 0.495. The van der Waals surface area contributed by atoms with Crippen molar-refractivity contribution in [3.8, 4) is 0 Å². The third kappa shape index (κ3) is 22.3. The lowest BCUT2D eigenvalue weighted by Crippen LogP contribution is -1.28. The van der Waals surface area contributed by atoms with Crippen LogP contribution in [0.25, 0.3) is 0 Å². The van der Waals surface area contributed by atoms with Gasteiger partial charge in [-0.25, -0.2) is 0 Å². The van der Waals surface area contributed by atoms with Crippen molar-refractivity contribution in [2.24, 2.45) is 0 Å². The normalized spacial score (nSPS) is 5.00. The number of hydrogen-bond donors (Lipinski definition) is 0. The molecule has 2 heteroatoms. The molecule has 0 amide bonds. The van der Waals surface area contributed by atoms with E-state index in [-0.39, 0.29) is 14.9 Å². The Balaban J connectivity index is -0.0000000450. The van der Waals surface area contributed by atoms with E-state index < -0.39 is 0 Å². The summed E-state index contributed by atoms with van der Waals surface area (Å²) in [5, 5.41) is 0. The van der Waals surface area contributed by atoms with E-state index in [4.69, 9.17) is 0 Å². The van der Waals surface area contributed by atoms with Gasteiger partial charge >= 0.3 is 0 Å². The Morgan fingerprint density at radius 3 is 1.00 bits per heavy atom. The predicted molar refractivity (Wildman–Crippen MR) is 40.5 cm³/mol. The lowest BCUT2D eigenvalue weighted by atomic mass is 12.0. The van der Waals surface area contributed by atoms with Crippen molar-refractivity contribution in [1.82, 2.24) is 0 Å². The molecule has 0 aromatic rings. The highest BCUT2D eigenvalue weighted by molar-refractivity contribution is 8.76. The maximum absolute atomic E-state index is 2.06. The summed E-state index contributed by atoms with van der Waals surface area (Å²) < 4.78 is 0. The molecule has 0 nitrogen and oxygen atoms in total. The zero-order chi connectivity index (χ0) is 3.41. The fraction of sp³-hybridized carbons (Fsp3) is 1.00. The lowest BCUT2D eigenvalue weighted by Gasteiger charge is -1.69. The molecule has 42 valence electrons. The van der Waals surface area contributed by atoms with Crippen molar-refractivity contribution in [2.45, 2.75) is 14.9 Å². The summed E-state index contributed by atoms with van der Waals surface area (Å²) >= 11 is 0. The summed E-state index contributed by atoms with van der Waals surface area (Å²) in [7, 11) is 3.55. The molecular weight excluding hydrogens is 112 g/mol. The van der Waals surface area contributed by atoms with Gasteiger partial charge in [0.2, 0.25) is 0 Å². The Kier molecular flexibility index (Phi) is 45.8. The highest BCUT2D eigenvalue weighted by Gasteiger charge is 1.55. The van der Waals surface area contributed by atoms with Crippen LogP contribution in [0.3, 0.4) is 0 Å². The molecule has 0 radical (unpaired) electrons. The van der Waals surface area contributed by atoms with E-state index in [9.17, 15) is 0 Å². The molecule has 0 aliphatic carbocycles. The van der Waals surface area contributed by atoms with Gasteiger partial charge in [0.15, 0.2) is 0 Å². The van der Waals surface area contributed by atoms with Gasteiger partial charge in [0.1, 0.15) is 0 Å². The van der Waals surface area contributed by atoms with Crippen LogP contribution in [0.4, 0.5) is 0 Å². The molecule has 0 aliphatic rings. The molecule has 6 heavy (non-hydrogen) atoms. The van der Waals surface area contributed by atoms with Crippen LogP contribution in [0.5, 0.6) is 0 Å². The van der Waals surface area contributed by atoms with Crippen LogP contribution in [-0.4, -0.2) is 12.5 Å². The molecule has 0 saturated heterocycles. The Bertz CT molecular complexity index is 7.51. The van der Waals surface area contributed by atoms with E-state index in [2.05, 4.69) is 12.5 Å². The third-order valence-electron chi connectivity index (χ3n) is 0.167. The summed E-state index contributed by atoms with van der Waals surface area (Å²) in [6.07, 6.45) is 4.12. The van der Waals surface area contributed by atoms with Crippen LogP contribution in [0, 0.1) is 0 Å². The standard InChI is InChI=1S/C2H6S2.2CH4/c1-3-4-2;;/h1-2H3;2*1H4. The topological polar surface area (TPSA) is 0 Å². The molecule has 0 aliphatic heterocycles. The van der Waals surface area contributed by atoms with Crippen LogP contribution in [-0.2, 0) is 0 Å². The Morgan fingerprint density at radius 2 is 1.00 bits per heavy atom. The molecule has 0 rings (SSSR count). The van der Waals surface area contributed by atoms with Crippen molar-refractivity contribution in [3.63, 3.8) is 0 Å². The van der Waals surface area contributed by atoms with Gasteiger partial charge in [0.25, 0.3) is 0 Å². The second-order valence-corrected chi connectivity index (χ2v) is 3.00. The maximum Gasteiger partial charge on any atom is -0.00793 e. The van der Waals surface area contributed by atoms with E-state index in [0.717, 1.165) is 0 Å². The van der Waals surface area contributed by atoms with Crippen LogP contribution >= 0.6 is 21.6 Å². The largest absolute Gasteiger partial charge is 0.0979 e. The van der Waals surface area contributed by atoms with Gasteiger partial charge in [-0.05, 0) is 12.5 Å². The van der Waals surface area contributed by atoms with Crippen molar-refractivity contribution >= 4 is 21.6 Å². The fourth-order valence-electron chi connectivity index (χ4n) is 0. The second-order valence-electron chi connectivity index (χ2n) is 0.333. The Hall–Kier alpha value is 0.700. The first-order chi connectivity index (χ1) is 1.91. The van der Waals surface area contributed by atoms with E-state index in [1.807, 2.05) is 0 Å². The smallest absolute Gasteiger partial charge is 0.00793 e. The Labute approximate surface area is 49.5 Å². The summed E-state index contributed by atoms with van der Waals surface area (Å²) in [4.78, 5) is 0. The third-order valence-corrected chi connectivity index (χ3v) is 1.50. The van der Waals surface area contributed by atoms with Crippen molar-refractivity contribution in [2.75, 3.05) is 12.5 Å². The van der Waals surface area contributed by atoms with Gasteiger partial charge in [0, 0.05) is 0 Å². The van der Waals surface area contributed by atoms with Crippen LogP contribution in [0.1, 0.15) is 14.9 Å². The summed E-state index contributed by atoms with van der Waals surface area (Å²) in [6.45, 7) is 0.